The highest BCUT2D eigenvalue weighted by Gasteiger charge is 2.45. The van der Waals surface area contributed by atoms with Gasteiger partial charge in [0.2, 0.25) is 0 Å². The van der Waals surface area contributed by atoms with Crippen LogP contribution in [0.1, 0.15) is 98.2 Å². The smallest absolute Gasteiger partial charge is 0.0465 e. The van der Waals surface area contributed by atoms with Crippen LogP contribution < -0.4 is 4.90 Å². The Hall–Kier alpha value is -6.44. The topological polar surface area (TPSA) is 3.24 Å². The van der Waals surface area contributed by atoms with Gasteiger partial charge in [-0.2, -0.15) is 0 Å². The van der Waals surface area contributed by atoms with E-state index in [1.807, 2.05) is 0 Å². The zero-order chi connectivity index (χ0) is 42.3. The molecule has 0 amide bonds. The maximum atomic E-state index is 2.48. The van der Waals surface area contributed by atoms with Crippen LogP contribution >= 0.6 is 0 Å². The standard InChI is InChI=1S/C61H57N/c1-43(2)56-25-16-17-41-61(56,49-33-31-48(32-34-49)59(46-20-10-6-11-21-46)47-29-27-45(28-30-47)44-18-8-5-9-19-44)50-35-37-52(38-36-50)62(51-22-12-7-13-23-51)53-39-40-55-54-24-14-15-26-57(54)60(3,4)58(55)42-53/h5-15,18-24,26-40,42-43,56,59H,16-17,25,41H2,1-4H3. The number of rotatable bonds is 10. The van der Waals surface area contributed by atoms with E-state index in [1.54, 1.807) is 0 Å². The summed E-state index contributed by atoms with van der Waals surface area (Å²) < 4.78 is 0. The van der Waals surface area contributed by atoms with E-state index < -0.39 is 0 Å². The number of anilines is 3. The molecule has 1 heteroatoms. The maximum Gasteiger partial charge on any atom is 0.0465 e. The molecule has 0 bridgehead atoms. The first-order chi connectivity index (χ1) is 30.3. The monoisotopic (exact) mass is 803 g/mol. The number of hydrogen-bond acceptors (Lipinski definition) is 1. The second-order valence-corrected chi connectivity index (χ2v) is 18.6. The fraction of sp³-hybridized carbons (Fsp3) is 0.213. The molecule has 0 saturated heterocycles. The number of para-hydroxylation sites is 1. The lowest BCUT2D eigenvalue weighted by atomic mass is 9.56. The molecule has 0 radical (unpaired) electrons. The first-order valence-electron chi connectivity index (χ1n) is 22.8. The van der Waals surface area contributed by atoms with E-state index in [-0.39, 0.29) is 16.7 Å². The van der Waals surface area contributed by atoms with Gasteiger partial charge >= 0.3 is 0 Å². The number of fused-ring (bicyclic) bond motifs is 3. The van der Waals surface area contributed by atoms with Gasteiger partial charge in [-0.1, -0.05) is 210 Å². The third-order valence-electron chi connectivity index (χ3n) is 14.5. The molecule has 8 aromatic rings. The van der Waals surface area contributed by atoms with Crippen molar-refractivity contribution < 1.29 is 0 Å². The molecule has 2 aliphatic rings. The van der Waals surface area contributed by atoms with Crippen LogP contribution in [-0.2, 0) is 10.8 Å². The maximum absolute atomic E-state index is 2.48. The SMILES string of the molecule is CC(C)C1CCCCC1(c1ccc(C(c2ccccc2)c2ccc(-c3ccccc3)cc2)cc1)c1ccc(N(c2ccccc2)c2ccc3c(c2)C(C)(C)c2ccccc2-3)cc1. The van der Waals surface area contributed by atoms with Crippen molar-refractivity contribution in [3.63, 3.8) is 0 Å². The van der Waals surface area contributed by atoms with E-state index in [4.69, 9.17) is 0 Å². The highest BCUT2D eigenvalue weighted by atomic mass is 15.1. The largest absolute Gasteiger partial charge is 0.310 e. The fourth-order valence-electron chi connectivity index (χ4n) is 11.4. The molecule has 1 saturated carbocycles. The summed E-state index contributed by atoms with van der Waals surface area (Å²) in [5.41, 5.74) is 18.2. The van der Waals surface area contributed by atoms with Gasteiger partial charge in [-0.15, -0.1) is 0 Å². The van der Waals surface area contributed by atoms with Crippen molar-refractivity contribution in [2.24, 2.45) is 11.8 Å². The second kappa shape index (κ2) is 16.4. The van der Waals surface area contributed by atoms with E-state index in [1.165, 1.54) is 97.5 Å². The molecule has 0 heterocycles. The molecular weight excluding hydrogens is 747 g/mol. The lowest BCUT2D eigenvalue weighted by Crippen LogP contribution is -2.42. The Morgan fingerprint density at radius 2 is 0.952 bits per heavy atom. The van der Waals surface area contributed by atoms with E-state index in [0.717, 1.165) is 6.42 Å². The summed E-state index contributed by atoms with van der Waals surface area (Å²) >= 11 is 0. The van der Waals surface area contributed by atoms with Gasteiger partial charge in [-0.05, 0) is 122 Å². The van der Waals surface area contributed by atoms with E-state index >= 15 is 0 Å². The molecule has 1 nitrogen and oxygen atoms in total. The normalized spacial score (nSPS) is 18.2. The molecule has 3 unspecified atom stereocenters. The molecule has 62 heavy (non-hydrogen) atoms. The van der Waals surface area contributed by atoms with Crippen LogP contribution in [0.5, 0.6) is 0 Å². The molecule has 0 aliphatic heterocycles. The first kappa shape index (κ1) is 39.7. The number of benzene rings is 8. The fourth-order valence-corrected chi connectivity index (χ4v) is 11.4. The van der Waals surface area contributed by atoms with Crippen molar-refractivity contribution >= 4 is 17.1 Å². The van der Waals surface area contributed by atoms with Gasteiger partial charge < -0.3 is 4.90 Å². The predicted molar refractivity (Wildman–Crippen MR) is 262 cm³/mol. The lowest BCUT2D eigenvalue weighted by Gasteiger charge is -2.48. The molecule has 306 valence electrons. The van der Waals surface area contributed by atoms with Crippen LogP contribution in [0, 0.1) is 11.8 Å². The summed E-state index contributed by atoms with van der Waals surface area (Å²) in [6.45, 7) is 9.64. The van der Waals surface area contributed by atoms with Gasteiger partial charge in [0.15, 0.2) is 0 Å². The number of nitrogens with zero attached hydrogens (tertiary/aromatic N) is 1. The quantitative estimate of drug-likeness (QED) is 0.125. The average Bonchev–Trinajstić information content (AvgIpc) is 3.56. The summed E-state index contributed by atoms with van der Waals surface area (Å²) in [5, 5.41) is 0. The molecule has 2 aliphatic carbocycles. The molecule has 8 aromatic carbocycles. The zero-order valence-corrected chi connectivity index (χ0v) is 36.6. The van der Waals surface area contributed by atoms with Crippen LogP contribution in [0.25, 0.3) is 22.3 Å². The van der Waals surface area contributed by atoms with E-state index in [9.17, 15) is 0 Å². The molecule has 1 fully saturated rings. The van der Waals surface area contributed by atoms with Gasteiger partial charge in [0.1, 0.15) is 0 Å². The van der Waals surface area contributed by atoms with Crippen molar-refractivity contribution in [1.82, 2.24) is 0 Å². The summed E-state index contributed by atoms with van der Waals surface area (Å²) in [7, 11) is 0. The van der Waals surface area contributed by atoms with Crippen molar-refractivity contribution in [3.8, 4) is 22.3 Å². The van der Waals surface area contributed by atoms with Crippen LogP contribution in [0.2, 0.25) is 0 Å². The Morgan fingerprint density at radius 1 is 0.452 bits per heavy atom. The average molecular weight is 804 g/mol. The summed E-state index contributed by atoms with van der Waals surface area (Å²) in [5.74, 6) is 1.23. The molecule has 3 atom stereocenters. The van der Waals surface area contributed by atoms with Crippen molar-refractivity contribution in [1.29, 1.82) is 0 Å². The van der Waals surface area contributed by atoms with Gasteiger partial charge in [0.25, 0.3) is 0 Å². The molecule has 0 spiro atoms. The molecule has 0 N–H and O–H groups in total. The second-order valence-electron chi connectivity index (χ2n) is 18.6. The van der Waals surface area contributed by atoms with Crippen molar-refractivity contribution in [2.75, 3.05) is 4.90 Å². The Kier molecular flexibility index (Phi) is 10.5. The molecule has 0 aromatic heterocycles. The molecule has 10 rings (SSSR count). The van der Waals surface area contributed by atoms with Gasteiger partial charge in [0, 0.05) is 33.8 Å². The predicted octanol–water partition coefficient (Wildman–Crippen LogP) is 16.4. The zero-order valence-electron chi connectivity index (χ0n) is 36.6. The molecular formula is C61H57N. The minimum Gasteiger partial charge on any atom is -0.310 e. The van der Waals surface area contributed by atoms with Crippen LogP contribution in [0.3, 0.4) is 0 Å². The summed E-state index contributed by atoms with van der Waals surface area (Å²) in [6, 6.07) is 77.4. The summed E-state index contributed by atoms with van der Waals surface area (Å²) in [4.78, 5) is 2.45. The van der Waals surface area contributed by atoms with Crippen LogP contribution in [0.4, 0.5) is 17.1 Å². The third-order valence-corrected chi connectivity index (χ3v) is 14.5. The van der Waals surface area contributed by atoms with Gasteiger partial charge in [-0.25, -0.2) is 0 Å². The van der Waals surface area contributed by atoms with Crippen molar-refractivity contribution in [2.45, 2.75) is 70.1 Å². The Bertz CT molecular complexity index is 2770. The van der Waals surface area contributed by atoms with Crippen LogP contribution in [-0.4, -0.2) is 0 Å². The summed E-state index contributed by atoms with van der Waals surface area (Å²) in [6.07, 6.45) is 4.91. The van der Waals surface area contributed by atoms with Crippen molar-refractivity contribution in [3.05, 3.63) is 245 Å². The highest BCUT2D eigenvalue weighted by molar-refractivity contribution is 5.85. The Balaban J connectivity index is 1.03. The van der Waals surface area contributed by atoms with E-state index in [0.29, 0.717) is 11.8 Å². The Morgan fingerprint density at radius 3 is 1.61 bits per heavy atom. The van der Waals surface area contributed by atoms with E-state index in [2.05, 4.69) is 239 Å². The minimum atomic E-state index is -0.0794. The highest BCUT2D eigenvalue weighted by Crippen LogP contribution is 2.53. The minimum absolute atomic E-state index is 0.0724. The van der Waals surface area contributed by atoms with Gasteiger partial charge in [-0.3, -0.25) is 0 Å². The number of hydrogen-bond donors (Lipinski definition) is 0. The van der Waals surface area contributed by atoms with Crippen LogP contribution in [0.15, 0.2) is 206 Å². The lowest BCUT2D eigenvalue weighted by molar-refractivity contribution is 0.170. The third kappa shape index (κ3) is 6.98. The first-order valence-corrected chi connectivity index (χ1v) is 22.8. The Labute approximate surface area is 369 Å². The van der Waals surface area contributed by atoms with Gasteiger partial charge in [0.05, 0.1) is 0 Å².